The van der Waals surface area contributed by atoms with Crippen LogP contribution in [0.1, 0.15) is 31.2 Å². The third kappa shape index (κ3) is 4.16. The summed E-state index contributed by atoms with van der Waals surface area (Å²) in [5.74, 6) is 0.357. The average Bonchev–Trinajstić information content (AvgIpc) is 3.15. The molecule has 2 aliphatic heterocycles. The molecule has 2 aromatic rings. The number of benzene rings is 2. The highest BCUT2D eigenvalue weighted by Gasteiger charge is 2.31. The van der Waals surface area contributed by atoms with Crippen LogP contribution in [0.5, 0.6) is 0 Å². The van der Waals surface area contributed by atoms with E-state index in [-0.39, 0.29) is 0 Å². The van der Waals surface area contributed by atoms with Crippen LogP contribution < -0.4 is 4.90 Å². The quantitative estimate of drug-likeness (QED) is 0.802. The van der Waals surface area contributed by atoms with Crippen LogP contribution in [-0.4, -0.2) is 48.4 Å². The Morgan fingerprint density at radius 2 is 1.70 bits per heavy atom. The summed E-state index contributed by atoms with van der Waals surface area (Å²) in [7, 11) is 2.10. The molecule has 0 bridgehead atoms. The first kappa shape index (κ1) is 18.1. The first-order valence-corrected chi connectivity index (χ1v) is 10.1. The highest BCUT2D eigenvalue weighted by Crippen LogP contribution is 2.25. The van der Waals surface area contributed by atoms with Crippen LogP contribution in [-0.2, 0) is 11.3 Å². The van der Waals surface area contributed by atoms with Crippen molar-refractivity contribution in [3.05, 3.63) is 60.2 Å². The summed E-state index contributed by atoms with van der Waals surface area (Å²) in [6.45, 7) is 4.06. The number of likely N-dealkylation sites (tertiary alicyclic amines) is 2. The zero-order valence-electron chi connectivity index (χ0n) is 16.2. The van der Waals surface area contributed by atoms with Gasteiger partial charge in [-0.3, -0.25) is 9.69 Å². The van der Waals surface area contributed by atoms with Crippen LogP contribution in [0.25, 0.3) is 0 Å². The minimum absolute atomic E-state index is 0.357. The molecule has 2 aromatic carbocycles. The molecule has 2 fully saturated rings. The monoisotopic (exact) mass is 363 g/mol. The Kier molecular flexibility index (Phi) is 5.44. The molecule has 0 N–H and O–H groups in total. The van der Waals surface area contributed by atoms with Gasteiger partial charge in [0, 0.05) is 50.5 Å². The maximum Gasteiger partial charge on any atom is 0.222 e. The summed E-state index contributed by atoms with van der Waals surface area (Å²) < 4.78 is 0. The number of hydrogen-bond donors (Lipinski definition) is 0. The van der Waals surface area contributed by atoms with Crippen LogP contribution >= 0.6 is 0 Å². The third-order valence-corrected chi connectivity index (χ3v) is 5.90. The summed E-state index contributed by atoms with van der Waals surface area (Å²) in [5, 5.41) is 0. The van der Waals surface area contributed by atoms with Crippen molar-refractivity contribution in [2.45, 2.75) is 38.3 Å². The number of amides is 1. The average molecular weight is 364 g/mol. The number of para-hydroxylation sites is 1. The molecular formula is C23H29N3O. The van der Waals surface area contributed by atoms with Gasteiger partial charge < -0.3 is 9.80 Å². The molecule has 27 heavy (non-hydrogen) atoms. The van der Waals surface area contributed by atoms with Gasteiger partial charge in [0.2, 0.25) is 5.91 Å². The zero-order valence-corrected chi connectivity index (χ0v) is 16.2. The Labute approximate surface area is 162 Å². The van der Waals surface area contributed by atoms with Crippen molar-refractivity contribution in [3.63, 3.8) is 0 Å². The van der Waals surface area contributed by atoms with Crippen molar-refractivity contribution in [1.82, 2.24) is 9.80 Å². The van der Waals surface area contributed by atoms with Gasteiger partial charge in [-0.25, -0.2) is 0 Å². The lowest BCUT2D eigenvalue weighted by atomic mass is 10.0. The number of anilines is 2. The normalized spacial score (nSPS) is 20.9. The summed E-state index contributed by atoms with van der Waals surface area (Å²) in [6.07, 6.45) is 4.12. The van der Waals surface area contributed by atoms with Crippen LogP contribution in [0.2, 0.25) is 0 Å². The molecule has 1 amide bonds. The van der Waals surface area contributed by atoms with E-state index in [1.165, 1.54) is 23.4 Å². The number of hydrogen-bond acceptors (Lipinski definition) is 3. The van der Waals surface area contributed by atoms with Crippen molar-refractivity contribution in [2.24, 2.45) is 0 Å². The van der Waals surface area contributed by atoms with Gasteiger partial charge in [0.05, 0.1) is 0 Å². The van der Waals surface area contributed by atoms with E-state index in [0.717, 1.165) is 45.4 Å². The molecule has 0 saturated carbocycles. The minimum atomic E-state index is 0.357. The Morgan fingerprint density at radius 1 is 0.963 bits per heavy atom. The van der Waals surface area contributed by atoms with Crippen molar-refractivity contribution >= 4 is 17.3 Å². The van der Waals surface area contributed by atoms with E-state index in [9.17, 15) is 4.79 Å². The predicted molar refractivity (Wildman–Crippen MR) is 110 cm³/mol. The Bertz CT molecular complexity index is 759. The van der Waals surface area contributed by atoms with E-state index in [1.807, 2.05) is 6.07 Å². The molecule has 0 radical (unpaired) electrons. The lowest BCUT2D eigenvalue weighted by Crippen LogP contribution is -2.48. The molecular weight excluding hydrogens is 334 g/mol. The second-order valence-corrected chi connectivity index (χ2v) is 7.78. The van der Waals surface area contributed by atoms with Crippen molar-refractivity contribution < 1.29 is 4.79 Å². The number of piperidine rings is 1. The Hall–Kier alpha value is -2.33. The van der Waals surface area contributed by atoms with Gasteiger partial charge in [0.25, 0.3) is 0 Å². The summed E-state index contributed by atoms with van der Waals surface area (Å²) in [4.78, 5) is 18.9. The van der Waals surface area contributed by atoms with Crippen LogP contribution in [0, 0.1) is 0 Å². The SMILES string of the molecule is CN(c1ccccc1)c1ccc(CN2CCCC(N3CCCC3=O)C2)cc1. The number of carbonyl (C=O) groups excluding carboxylic acids is 1. The summed E-state index contributed by atoms with van der Waals surface area (Å²) >= 11 is 0. The third-order valence-electron chi connectivity index (χ3n) is 5.90. The second-order valence-electron chi connectivity index (χ2n) is 7.78. The molecule has 1 unspecified atom stereocenters. The minimum Gasteiger partial charge on any atom is -0.345 e. The Balaban J connectivity index is 1.37. The highest BCUT2D eigenvalue weighted by molar-refractivity contribution is 5.78. The maximum absolute atomic E-state index is 12.1. The molecule has 142 valence electrons. The van der Waals surface area contributed by atoms with Gasteiger partial charge in [-0.1, -0.05) is 30.3 Å². The maximum atomic E-state index is 12.1. The molecule has 2 saturated heterocycles. The lowest BCUT2D eigenvalue weighted by Gasteiger charge is -2.37. The fourth-order valence-electron chi connectivity index (χ4n) is 4.37. The van der Waals surface area contributed by atoms with Crippen LogP contribution in [0.4, 0.5) is 11.4 Å². The van der Waals surface area contributed by atoms with Gasteiger partial charge in [-0.15, -0.1) is 0 Å². The molecule has 1 atom stereocenters. The molecule has 0 aliphatic carbocycles. The summed E-state index contributed by atoms with van der Waals surface area (Å²) in [6, 6.07) is 19.7. The van der Waals surface area contributed by atoms with Crippen LogP contribution in [0.3, 0.4) is 0 Å². The van der Waals surface area contributed by atoms with Gasteiger partial charge in [0.1, 0.15) is 0 Å². The summed E-state index contributed by atoms with van der Waals surface area (Å²) in [5.41, 5.74) is 3.73. The van der Waals surface area contributed by atoms with Crippen molar-refractivity contribution in [2.75, 3.05) is 31.6 Å². The highest BCUT2D eigenvalue weighted by atomic mass is 16.2. The van der Waals surface area contributed by atoms with Crippen molar-refractivity contribution in [3.8, 4) is 0 Å². The van der Waals surface area contributed by atoms with Gasteiger partial charge in [-0.05, 0) is 55.6 Å². The van der Waals surface area contributed by atoms with Crippen LogP contribution in [0.15, 0.2) is 54.6 Å². The largest absolute Gasteiger partial charge is 0.345 e. The molecule has 4 rings (SSSR count). The smallest absolute Gasteiger partial charge is 0.222 e. The molecule has 0 aromatic heterocycles. The zero-order chi connectivity index (χ0) is 18.6. The molecule has 2 aliphatic rings. The van der Waals surface area contributed by atoms with E-state index >= 15 is 0 Å². The van der Waals surface area contributed by atoms with E-state index in [4.69, 9.17) is 0 Å². The first-order valence-electron chi connectivity index (χ1n) is 10.1. The fourth-order valence-corrected chi connectivity index (χ4v) is 4.37. The predicted octanol–water partition coefficient (Wildman–Crippen LogP) is 4.04. The topological polar surface area (TPSA) is 26.8 Å². The lowest BCUT2D eigenvalue weighted by molar-refractivity contribution is -0.130. The molecule has 4 heteroatoms. The standard InChI is InChI=1S/C23H29N3O/c1-24(20-7-3-2-4-8-20)21-13-11-19(12-14-21)17-25-15-5-9-22(18-25)26-16-6-10-23(26)27/h2-4,7-8,11-14,22H,5-6,9-10,15-18H2,1H3. The number of rotatable bonds is 5. The number of carbonyl (C=O) groups is 1. The molecule has 4 nitrogen and oxygen atoms in total. The second kappa shape index (κ2) is 8.13. The Morgan fingerprint density at radius 3 is 2.41 bits per heavy atom. The van der Waals surface area contributed by atoms with Crippen molar-refractivity contribution in [1.29, 1.82) is 0 Å². The van der Waals surface area contributed by atoms with Gasteiger partial charge >= 0.3 is 0 Å². The van der Waals surface area contributed by atoms with E-state index in [0.29, 0.717) is 11.9 Å². The number of nitrogens with zero attached hydrogens (tertiary/aromatic N) is 3. The van der Waals surface area contributed by atoms with E-state index in [2.05, 4.69) is 70.3 Å². The van der Waals surface area contributed by atoms with Gasteiger partial charge in [0.15, 0.2) is 0 Å². The molecule has 0 spiro atoms. The fraction of sp³-hybridized carbons (Fsp3) is 0.435. The first-order chi connectivity index (χ1) is 13.2. The van der Waals surface area contributed by atoms with E-state index < -0.39 is 0 Å². The molecule has 2 heterocycles. The van der Waals surface area contributed by atoms with Gasteiger partial charge in [-0.2, -0.15) is 0 Å². The van der Waals surface area contributed by atoms with E-state index in [1.54, 1.807) is 0 Å².